The second-order valence-electron chi connectivity index (χ2n) is 6.04. The SMILES string of the molecule is CCCCOc1cccc(NCC(C)Oc2ccc(CC)cc2)c1. The van der Waals surface area contributed by atoms with E-state index in [1.165, 1.54) is 5.56 Å². The molecule has 2 aromatic rings. The molecule has 0 aliphatic rings. The Kier molecular flexibility index (Phi) is 7.47. The zero-order valence-corrected chi connectivity index (χ0v) is 15.0. The maximum atomic E-state index is 5.95. The van der Waals surface area contributed by atoms with E-state index >= 15 is 0 Å². The summed E-state index contributed by atoms with van der Waals surface area (Å²) in [6.07, 6.45) is 3.36. The lowest BCUT2D eigenvalue weighted by Crippen LogP contribution is -2.22. The molecule has 0 bridgehead atoms. The van der Waals surface area contributed by atoms with E-state index in [2.05, 4.69) is 44.3 Å². The molecular formula is C21H29NO2. The standard InChI is InChI=1S/C21H29NO2/c1-4-6-14-23-21-9-7-8-19(15-21)22-16-17(3)24-20-12-10-18(5-2)11-13-20/h7-13,15,17,22H,4-6,14,16H2,1-3H3. The Labute approximate surface area is 146 Å². The summed E-state index contributed by atoms with van der Waals surface area (Å²) < 4.78 is 11.7. The van der Waals surface area contributed by atoms with E-state index < -0.39 is 0 Å². The first-order valence-corrected chi connectivity index (χ1v) is 8.93. The molecule has 3 heteroatoms. The number of benzene rings is 2. The molecule has 2 rings (SSSR count). The van der Waals surface area contributed by atoms with Crippen molar-refractivity contribution < 1.29 is 9.47 Å². The number of hydrogen-bond acceptors (Lipinski definition) is 3. The summed E-state index contributed by atoms with van der Waals surface area (Å²) in [4.78, 5) is 0. The molecule has 130 valence electrons. The Hall–Kier alpha value is -2.16. The lowest BCUT2D eigenvalue weighted by molar-refractivity contribution is 0.234. The quantitative estimate of drug-likeness (QED) is 0.600. The van der Waals surface area contributed by atoms with E-state index in [9.17, 15) is 0 Å². The number of nitrogens with one attached hydrogen (secondary N) is 1. The summed E-state index contributed by atoms with van der Waals surface area (Å²) in [6, 6.07) is 16.4. The summed E-state index contributed by atoms with van der Waals surface area (Å²) in [5.74, 6) is 1.83. The third-order valence-corrected chi connectivity index (χ3v) is 3.86. The molecule has 0 heterocycles. The van der Waals surface area contributed by atoms with Gasteiger partial charge in [0.1, 0.15) is 17.6 Å². The highest BCUT2D eigenvalue weighted by Gasteiger charge is 2.05. The topological polar surface area (TPSA) is 30.5 Å². The van der Waals surface area contributed by atoms with E-state index in [1.54, 1.807) is 0 Å². The highest BCUT2D eigenvalue weighted by Crippen LogP contribution is 2.18. The van der Waals surface area contributed by atoms with Crippen molar-refractivity contribution in [1.82, 2.24) is 0 Å². The predicted molar refractivity (Wildman–Crippen MR) is 101 cm³/mol. The average molecular weight is 327 g/mol. The lowest BCUT2D eigenvalue weighted by atomic mass is 10.2. The average Bonchev–Trinajstić information content (AvgIpc) is 2.61. The molecule has 0 aliphatic carbocycles. The van der Waals surface area contributed by atoms with Crippen LogP contribution < -0.4 is 14.8 Å². The van der Waals surface area contributed by atoms with Crippen molar-refractivity contribution in [2.45, 2.75) is 46.1 Å². The summed E-state index contributed by atoms with van der Waals surface area (Å²) >= 11 is 0. The van der Waals surface area contributed by atoms with E-state index in [-0.39, 0.29) is 6.10 Å². The van der Waals surface area contributed by atoms with Gasteiger partial charge in [0, 0.05) is 11.8 Å². The van der Waals surface area contributed by atoms with Gasteiger partial charge in [-0.1, -0.05) is 38.5 Å². The maximum Gasteiger partial charge on any atom is 0.121 e. The highest BCUT2D eigenvalue weighted by atomic mass is 16.5. The van der Waals surface area contributed by atoms with Gasteiger partial charge in [0.05, 0.1) is 13.2 Å². The van der Waals surface area contributed by atoms with Gasteiger partial charge >= 0.3 is 0 Å². The van der Waals surface area contributed by atoms with Crippen LogP contribution in [0.15, 0.2) is 48.5 Å². The number of anilines is 1. The van der Waals surface area contributed by atoms with E-state index in [4.69, 9.17) is 9.47 Å². The first kappa shape index (κ1) is 18.2. The van der Waals surface area contributed by atoms with Crippen molar-refractivity contribution in [2.24, 2.45) is 0 Å². The van der Waals surface area contributed by atoms with Crippen LogP contribution in [0.1, 0.15) is 39.2 Å². The van der Waals surface area contributed by atoms with Crippen LogP contribution in [0.25, 0.3) is 0 Å². The second-order valence-corrected chi connectivity index (χ2v) is 6.04. The van der Waals surface area contributed by atoms with Crippen molar-refractivity contribution in [1.29, 1.82) is 0 Å². The van der Waals surface area contributed by atoms with Gasteiger partial charge in [-0.2, -0.15) is 0 Å². The van der Waals surface area contributed by atoms with Gasteiger partial charge in [-0.25, -0.2) is 0 Å². The van der Waals surface area contributed by atoms with Crippen LogP contribution in [0.5, 0.6) is 11.5 Å². The Morgan fingerprint density at radius 1 is 1.00 bits per heavy atom. The van der Waals surface area contributed by atoms with Crippen LogP contribution in [-0.2, 0) is 6.42 Å². The van der Waals surface area contributed by atoms with Crippen molar-refractivity contribution in [3.63, 3.8) is 0 Å². The van der Waals surface area contributed by atoms with Crippen LogP contribution in [-0.4, -0.2) is 19.3 Å². The van der Waals surface area contributed by atoms with Crippen LogP contribution in [0.2, 0.25) is 0 Å². The molecule has 0 fully saturated rings. The molecule has 1 N–H and O–H groups in total. The highest BCUT2D eigenvalue weighted by molar-refractivity contribution is 5.48. The van der Waals surface area contributed by atoms with E-state index in [1.807, 2.05) is 30.3 Å². The largest absolute Gasteiger partial charge is 0.494 e. The summed E-state index contributed by atoms with van der Waals surface area (Å²) in [7, 11) is 0. The third kappa shape index (κ3) is 6.15. The monoisotopic (exact) mass is 327 g/mol. The van der Waals surface area contributed by atoms with Gasteiger partial charge in [-0.15, -0.1) is 0 Å². The molecule has 1 unspecified atom stereocenters. The molecule has 3 nitrogen and oxygen atoms in total. The van der Waals surface area contributed by atoms with Crippen LogP contribution in [0, 0.1) is 0 Å². The fourth-order valence-corrected chi connectivity index (χ4v) is 2.37. The number of hydrogen-bond donors (Lipinski definition) is 1. The van der Waals surface area contributed by atoms with Crippen LogP contribution in [0.3, 0.4) is 0 Å². The minimum atomic E-state index is 0.0853. The minimum absolute atomic E-state index is 0.0853. The molecule has 0 spiro atoms. The number of unbranched alkanes of at least 4 members (excludes halogenated alkanes) is 1. The van der Waals surface area contributed by atoms with Crippen molar-refractivity contribution >= 4 is 5.69 Å². The van der Waals surface area contributed by atoms with Crippen LogP contribution >= 0.6 is 0 Å². The van der Waals surface area contributed by atoms with E-state index in [0.29, 0.717) is 0 Å². The normalized spacial score (nSPS) is 11.8. The molecule has 24 heavy (non-hydrogen) atoms. The first-order chi connectivity index (χ1) is 11.7. The Morgan fingerprint density at radius 3 is 2.50 bits per heavy atom. The van der Waals surface area contributed by atoms with Gasteiger partial charge in [-0.05, 0) is 49.6 Å². The lowest BCUT2D eigenvalue weighted by Gasteiger charge is -2.17. The number of ether oxygens (including phenoxy) is 2. The van der Waals surface area contributed by atoms with Gasteiger partial charge in [0.25, 0.3) is 0 Å². The zero-order valence-electron chi connectivity index (χ0n) is 15.0. The molecule has 1 atom stereocenters. The van der Waals surface area contributed by atoms with Crippen LogP contribution in [0.4, 0.5) is 5.69 Å². The van der Waals surface area contributed by atoms with E-state index in [0.717, 1.165) is 49.6 Å². The Bertz CT molecular complexity index is 595. The third-order valence-electron chi connectivity index (χ3n) is 3.86. The summed E-state index contributed by atoms with van der Waals surface area (Å²) in [5.41, 5.74) is 2.38. The Balaban J connectivity index is 1.80. The fourth-order valence-electron chi connectivity index (χ4n) is 2.37. The minimum Gasteiger partial charge on any atom is -0.494 e. The molecule has 0 aliphatic heterocycles. The molecule has 0 amide bonds. The molecule has 0 saturated heterocycles. The predicted octanol–water partition coefficient (Wildman–Crippen LogP) is 5.31. The maximum absolute atomic E-state index is 5.95. The smallest absolute Gasteiger partial charge is 0.121 e. The fraction of sp³-hybridized carbons (Fsp3) is 0.429. The second kappa shape index (κ2) is 9.86. The number of aryl methyl sites for hydroxylation is 1. The molecule has 2 aromatic carbocycles. The summed E-state index contributed by atoms with van der Waals surface area (Å²) in [5, 5.41) is 3.41. The number of rotatable bonds is 10. The molecule has 0 aromatic heterocycles. The first-order valence-electron chi connectivity index (χ1n) is 8.93. The van der Waals surface area contributed by atoms with Gasteiger partial charge in [0.15, 0.2) is 0 Å². The van der Waals surface area contributed by atoms with Crippen molar-refractivity contribution in [3.8, 4) is 11.5 Å². The van der Waals surface area contributed by atoms with Crippen molar-refractivity contribution in [2.75, 3.05) is 18.5 Å². The molecule has 0 saturated carbocycles. The zero-order chi connectivity index (χ0) is 17.2. The van der Waals surface area contributed by atoms with Gasteiger partial charge in [-0.3, -0.25) is 0 Å². The molecular weight excluding hydrogens is 298 g/mol. The van der Waals surface area contributed by atoms with Gasteiger partial charge < -0.3 is 14.8 Å². The molecule has 0 radical (unpaired) electrons. The van der Waals surface area contributed by atoms with Gasteiger partial charge in [0.2, 0.25) is 0 Å². The summed E-state index contributed by atoms with van der Waals surface area (Å²) in [6.45, 7) is 7.91. The van der Waals surface area contributed by atoms with Crippen molar-refractivity contribution in [3.05, 3.63) is 54.1 Å². The Morgan fingerprint density at radius 2 is 1.79 bits per heavy atom.